The predicted octanol–water partition coefficient (Wildman–Crippen LogP) is 1.88. The van der Waals surface area contributed by atoms with E-state index in [9.17, 15) is 9.59 Å². The van der Waals surface area contributed by atoms with E-state index in [0.29, 0.717) is 13.0 Å². The SMILES string of the molecule is CC(C)(C)C(=O)NCCC(=O)N1CCN(Cc2ccccc2)CC1. The van der Waals surface area contributed by atoms with Crippen LogP contribution in [0.2, 0.25) is 0 Å². The molecule has 0 aromatic heterocycles. The highest BCUT2D eigenvalue weighted by Gasteiger charge is 2.23. The second-order valence-electron chi connectivity index (χ2n) is 7.40. The van der Waals surface area contributed by atoms with Crippen molar-refractivity contribution in [3.05, 3.63) is 35.9 Å². The number of benzene rings is 1. The lowest BCUT2D eigenvalue weighted by Gasteiger charge is -2.35. The van der Waals surface area contributed by atoms with Gasteiger partial charge in [-0.3, -0.25) is 14.5 Å². The molecule has 1 aromatic carbocycles. The van der Waals surface area contributed by atoms with Gasteiger partial charge in [0.25, 0.3) is 0 Å². The number of amides is 2. The van der Waals surface area contributed by atoms with Crippen LogP contribution >= 0.6 is 0 Å². The van der Waals surface area contributed by atoms with E-state index < -0.39 is 5.41 Å². The van der Waals surface area contributed by atoms with Gasteiger partial charge in [0.2, 0.25) is 11.8 Å². The summed E-state index contributed by atoms with van der Waals surface area (Å²) >= 11 is 0. The largest absolute Gasteiger partial charge is 0.355 e. The van der Waals surface area contributed by atoms with E-state index in [1.54, 1.807) is 0 Å². The Morgan fingerprint density at radius 3 is 2.25 bits per heavy atom. The molecule has 1 saturated heterocycles. The Morgan fingerprint density at radius 2 is 1.67 bits per heavy atom. The first kappa shape index (κ1) is 18.5. The average Bonchev–Trinajstić information content (AvgIpc) is 2.55. The first-order chi connectivity index (χ1) is 11.4. The van der Waals surface area contributed by atoms with Crippen LogP contribution in [0.3, 0.4) is 0 Å². The van der Waals surface area contributed by atoms with Crippen molar-refractivity contribution in [3.63, 3.8) is 0 Å². The molecule has 0 spiro atoms. The van der Waals surface area contributed by atoms with Crippen molar-refractivity contribution in [2.24, 2.45) is 5.41 Å². The van der Waals surface area contributed by atoms with Gasteiger partial charge in [-0.25, -0.2) is 0 Å². The van der Waals surface area contributed by atoms with Crippen LogP contribution in [0.25, 0.3) is 0 Å². The lowest BCUT2D eigenvalue weighted by Crippen LogP contribution is -2.49. The molecule has 1 heterocycles. The highest BCUT2D eigenvalue weighted by molar-refractivity contribution is 5.82. The molecule has 5 nitrogen and oxygen atoms in total. The maximum absolute atomic E-state index is 12.3. The highest BCUT2D eigenvalue weighted by Crippen LogP contribution is 2.12. The van der Waals surface area contributed by atoms with E-state index in [2.05, 4.69) is 34.5 Å². The number of carbonyl (C=O) groups is 2. The van der Waals surface area contributed by atoms with Crippen molar-refractivity contribution < 1.29 is 9.59 Å². The van der Waals surface area contributed by atoms with Crippen molar-refractivity contribution >= 4 is 11.8 Å². The molecule has 1 fully saturated rings. The molecule has 0 saturated carbocycles. The molecule has 5 heteroatoms. The van der Waals surface area contributed by atoms with Gasteiger partial charge in [0.15, 0.2) is 0 Å². The third-order valence-electron chi connectivity index (χ3n) is 4.28. The minimum atomic E-state index is -0.411. The van der Waals surface area contributed by atoms with Gasteiger partial charge in [0.1, 0.15) is 0 Å². The molecule has 1 aliphatic rings. The van der Waals surface area contributed by atoms with Crippen LogP contribution < -0.4 is 5.32 Å². The summed E-state index contributed by atoms with van der Waals surface area (Å²) in [6.07, 6.45) is 0.376. The monoisotopic (exact) mass is 331 g/mol. The lowest BCUT2D eigenvalue weighted by molar-refractivity contribution is -0.133. The molecule has 0 radical (unpaired) electrons. The normalized spacial score (nSPS) is 16.0. The zero-order valence-corrected chi connectivity index (χ0v) is 15.0. The molecule has 1 aliphatic heterocycles. The Hall–Kier alpha value is -1.88. The topological polar surface area (TPSA) is 52.7 Å². The predicted molar refractivity (Wildman–Crippen MR) is 95.4 cm³/mol. The summed E-state index contributed by atoms with van der Waals surface area (Å²) in [6, 6.07) is 10.4. The number of rotatable bonds is 5. The Morgan fingerprint density at radius 1 is 1.04 bits per heavy atom. The fraction of sp³-hybridized carbons (Fsp3) is 0.579. The Balaban J connectivity index is 1.68. The van der Waals surface area contributed by atoms with Crippen LogP contribution in [0.5, 0.6) is 0 Å². The minimum absolute atomic E-state index is 0.0111. The molecule has 132 valence electrons. The quantitative estimate of drug-likeness (QED) is 0.896. The van der Waals surface area contributed by atoms with Gasteiger partial charge in [-0.1, -0.05) is 51.1 Å². The molecule has 0 aliphatic carbocycles. The van der Waals surface area contributed by atoms with E-state index in [1.165, 1.54) is 5.56 Å². The highest BCUT2D eigenvalue weighted by atomic mass is 16.2. The summed E-state index contributed by atoms with van der Waals surface area (Å²) in [4.78, 5) is 28.3. The van der Waals surface area contributed by atoms with Crippen LogP contribution in [0.4, 0.5) is 0 Å². The number of nitrogens with zero attached hydrogens (tertiary/aromatic N) is 2. The van der Waals surface area contributed by atoms with E-state index in [1.807, 2.05) is 31.7 Å². The Labute approximate surface area is 145 Å². The molecule has 1 N–H and O–H groups in total. The number of hydrogen-bond donors (Lipinski definition) is 1. The summed E-state index contributed by atoms with van der Waals surface area (Å²) in [6.45, 7) is 10.3. The first-order valence-electron chi connectivity index (χ1n) is 8.68. The van der Waals surface area contributed by atoms with Gasteiger partial charge in [0.05, 0.1) is 0 Å². The Kier molecular flexibility index (Phi) is 6.37. The molecule has 1 aromatic rings. The first-order valence-corrected chi connectivity index (χ1v) is 8.68. The van der Waals surface area contributed by atoms with Crippen molar-refractivity contribution in [2.75, 3.05) is 32.7 Å². The van der Waals surface area contributed by atoms with Crippen molar-refractivity contribution in [3.8, 4) is 0 Å². The summed E-state index contributed by atoms with van der Waals surface area (Å²) < 4.78 is 0. The molecular weight excluding hydrogens is 302 g/mol. The van der Waals surface area contributed by atoms with Crippen LogP contribution in [0.15, 0.2) is 30.3 Å². The fourth-order valence-corrected chi connectivity index (χ4v) is 2.70. The van der Waals surface area contributed by atoms with Crippen molar-refractivity contribution in [1.29, 1.82) is 0 Å². The summed E-state index contributed by atoms with van der Waals surface area (Å²) in [5.41, 5.74) is 0.897. The summed E-state index contributed by atoms with van der Waals surface area (Å²) in [7, 11) is 0. The van der Waals surface area contributed by atoms with Gasteiger partial charge in [-0.05, 0) is 5.56 Å². The van der Waals surface area contributed by atoms with E-state index in [0.717, 1.165) is 32.7 Å². The Bertz CT molecular complexity index is 543. The van der Waals surface area contributed by atoms with Gasteiger partial charge in [0, 0.05) is 51.1 Å². The maximum atomic E-state index is 12.3. The van der Waals surface area contributed by atoms with Crippen molar-refractivity contribution in [1.82, 2.24) is 15.1 Å². The van der Waals surface area contributed by atoms with Crippen LogP contribution in [0.1, 0.15) is 32.8 Å². The number of nitrogens with one attached hydrogen (secondary N) is 1. The van der Waals surface area contributed by atoms with E-state index in [-0.39, 0.29) is 11.8 Å². The smallest absolute Gasteiger partial charge is 0.225 e. The summed E-state index contributed by atoms with van der Waals surface area (Å²) in [5.74, 6) is 0.117. The number of carbonyl (C=O) groups excluding carboxylic acids is 2. The van der Waals surface area contributed by atoms with Crippen LogP contribution in [-0.4, -0.2) is 54.3 Å². The zero-order chi connectivity index (χ0) is 17.6. The molecule has 0 bridgehead atoms. The van der Waals surface area contributed by atoms with Crippen LogP contribution in [-0.2, 0) is 16.1 Å². The molecule has 0 atom stereocenters. The number of piperazine rings is 1. The molecule has 2 rings (SSSR count). The van der Waals surface area contributed by atoms with Crippen molar-refractivity contribution in [2.45, 2.75) is 33.7 Å². The lowest BCUT2D eigenvalue weighted by atomic mass is 9.96. The second-order valence-corrected chi connectivity index (χ2v) is 7.40. The molecular formula is C19H29N3O2. The third-order valence-corrected chi connectivity index (χ3v) is 4.28. The fourth-order valence-electron chi connectivity index (χ4n) is 2.70. The standard InChI is InChI=1S/C19H29N3O2/c1-19(2,3)18(24)20-10-9-17(23)22-13-11-21(12-14-22)15-16-7-5-4-6-8-16/h4-8H,9-15H2,1-3H3,(H,20,24). The molecule has 0 unspecified atom stereocenters. The van der Waals surface area contributed by atoms with E-state index >= 15 is 0 Å². The zero-order valence-electron chi connectivity index (χ0n) is 15.0. The van der Waals surface area contributed by atoms with Gasteiger partial charge in [-0.2, -0.15) is 0 Å². The molecule has 24 heavy (non-hydrogen) atoms. The van der Waals surface area contributed by atoms with Crippen LogP contribution in [0, 0.1) is 5.41 Å². The van der Waals surface area contributed by atoms with Gasteiger partial charge < -0.3 is 10.2 Å². The molecule has 2 amide bonds. The van der Waals surface area contributed by atoms with Gasteiger partial charge >= 0.3 is 0 Å². The third kappa shape index (κ3) is 5.64. The van der Waals surface area contributed by atoms with Gasteiger partial charge in [-0.15, -0.1) is 0 Å². The minimum Gasteiger partial charge on any atom is -0.355 e. The van der Waals surface area contributed by atoms with E-state index in [4.69, 9.17) is 0 Å². The average molecular weight is 331 g/mol. The number of hydrogen-bond acceptors (Lipinski definition) is 3. The second kappa shape index (κ2) is 8.29. The maximum Gasteiger partial charge on any atom is 0.225 e. The summed E-state index contributed by atoms with van der Waals surface area (Å²) in [5, 5.41) is 2.84.